The molecule has 0 spiro atoms. The van der Waals surface area contributed by atoms with Crippen LogP contribution >= 0.6 is 0 Å². The highest BCUT2D eigenvalue weighted by Crippen LogP contribution is 2.15. The molecule has 0 fully saturated rings. The predicted octanol–water partition coefficient (Wildman–Crippen LogP) is 3.31. The first-order valence-corrected chi connectivity index (χ1v) is 5.12. The lowest BCUT2D eigenvalue weighted by Crippen LogP contribution is -2.08. The van der Waals surface area contributed by atoms with E-state index >= 15 is 0 Å². The van der Waals surface area contributed by atoms with Gasteiger partial charge in [0.25, 0.3) is 0 Å². The van der Waals surface area contributed by atoms with Crippen molar-refractivity contribution in [1.82, 2.24) is 0 Å². The van der Waals surface area contributed by atoms with E-state index in [0.717, 1.165) is 18.4 Å². The van der Waals surface area contributed by atoms with E-state index in [1.165, 1.54) is 0 Å². The summed E-state index contributed by atoms with van der Waals surface area (Å²) in [5, 5.41) is 9.62. The van der Waals surface area contributed by atoms with Crippen LogP contribution in [0.3, 0.4) is 0 Å². The summed E-state index contributed by atoms with van der Waals surface area (Å²) in [4.78, 5) is 0. The summed E-state index contributed by atoms with van der Waals surface area (Å²) in [7, 11) is 0. The monoisotopic (exact) mass is 182 g/mol. The fraction of sp³-hybridized carbons (Fsp3) is 0.667. The Hall–Kier alpha value is -0.560. The molecule has 0 saturated carbocycles. The van der Waals surface area contributed by atoms with Crippen LogP contribution in [0.15, 0.2) is 24.3 Å². The molecule has 0 aliphatic heterocycles. The van der Waals surface area contributed by atoms with Gasteiger partial charge in [0.05, 0.1) is 6.10 Å². The zero-order valence-electron chi connectivity index (χ0n) is 9.09. The quantitative estimate of drug-likeness (QED) is 0.625. The minimum absolute atomic E-state index is 0.335. The Morgan fingerprint density at radius 1 is 1.38 bits per heavy atom. The van der Waals surface area contributed by atoms with E-state index in [1.54, 1.807) is 6.08 Å². The lowest BCUT2D eigenvalue weighted by Gasteiger charge is -2.12. The molecular weight excluding hydrogens is 160 g/mol. The lowest BCUT2D eigenvalue weighted by atomic mass is 9.97. The molecular formula is C12H22O. The molecule has 76 valence electrons. The molecule has 0 saturated heterocycles. The van der Waals surface area contributed by atoms with Gasteiger partial charge in [0.2, 0.25) is 0 Å². The maximum absolute atomic E-state index is 9.62. The summed E-state index contributed by atoms with van der Waals surface area (Å²) in [6.07, 6.45) is 6.56. The molecule has 1 heteroatoms. The van der Waals surface area contributed by atoms with E-state index in [1.807, 2.05) is 6.92 Å². The van der Waals surface area contributed by atoms with Crippen molar-refractivity contribution < 1.29 is 5.11 Å². The number of hydrogen-bond donors (Lipinski definition) is 1. The van der Waals surface area contributed by atoms with Gasteiger partial charge in [0, 0.05) is 0 Å². The third-order valence-electron chi connectivity index (χ3n) is 2.46. The normalized spacial score (nSPS) is 14.7. The Labute approximate surface area is 82.2 Å². The molecule has 0 aromatic carbocycles. The fourth-order valence-corrected chi connectivity index (χ4v) is 1.35. The molecule has 0 aromatic heterocycles. The van der Waals surface area contributed by atoms with Crippen LogP contribution in [0.1, 0.15) is 40.0 Å². The van der Waals surface area contributed by atoms with Gasteiger partial charge in [-0.15, -0.1) is 6.58 Å². The first-order valence-electron chi connectivity index (χ1n) is 5.12. The minimum atomic E-state index is -0.335. The van der Waals surface area contributed by atoms with Crippen LogP contribution in [0.4, 0.5) is 0 Å². The van der Waals surface area contributed by atoms with Crippen LogP contribution in [0.5, 0.6) is 0 Å². The van der Waals surface area contributed by atoms with Gasteiger partial charge in [-0.05, 0) is 37.7 Å². The second kappa shape index (κ2) is 6.90. The highest BCUT2D eigenvalue weighted by molar-refractivity contribution is 5.07. The molecule has 0 unspecified atom stereocenters. The summed E-state index contributed by atoms with van der Waals surface area (Å²) in [5.41, 5.74) is 1.08. The van der Waals surface area contributed by atoms with Crippen LogP contribution in [0.2, 0.25) is 0 Å². The van der Waals surface area contributed by atoms with E-state index in [0.29, 0.717) is 12.3 Å². The van der Waals surface area contributed by atoms with Gasteiger partial charge in [0.15, 0.2) is 0 Å². The first-order chi connectivity index (χ1) is 6.15. The van der Waals surface area contributed by atoms with Gasteiger partial charge in [-0.25, -0.2) is 0 Å². The minimum Gasteiger partial charge on any atom is -0.388 e. The van der Waals surface area contributed by atoms with Crippen LogP contribution in [0, 0.1) is 5.92 Å². The average molecular weight is 182 g/mol. The van der Waals surface area contributed by atoms with E-state index in [-0.39, 0.29) is 6.10 Å². The van der Waals surface area contributed by atoms with Crippen LogP contribution in [0.25, 0.3) is 0 Å². The highest BCUT2D eigenvalue weighted by Gasteiger charge is 2.06. The first kappa shape index (κ1) is 12.4. The van der Waals surface area contributed by atoms with E-state index in [9.17, 15) is 5.11 Å². The Bertz CT molecular complexity index is 166. The van der Waals surface area contributed by atoms with Crippen molar-refractivity contribution in [2.45, 2.75) is 46.1 Å². The van der Waals surface area contributed by atoms with Crippen molar-refractivity contribution in [2.24, 2.45) is 5.92 Å². The second-order valence-electron chi connectivity index (χ2n) is 3.53. The highest BCUT2D eigenvalue weighted by atomic mass is 16.3. The number of aliphatic hydroxyl groups is 1. The van der Waals surface area contributed by atoms with E-state index in [2.05, 4.69) is 26.5 Å². The van der Waals surface area contributed by atoms with Gasteiger partial charge in [0.1, 0.15) is 0 Å². The molecule has 0 heterocycles. The molecule has 0 amide bonds. The molecule has 0 aromatic rings. The third-order valence-corrected chi connectivity index (χ3v) is 2.46. The second-order valence-corrected chi connectivity index (χ2v) is 3.53. The summed E-state index contributed by atoms with van der Waals surface area (Å²) < 4.78 is 0. The molecule has 0 rings (SSSR count). The molecule has 1 nitrogen and oxygen atoms in total. The summed E-state index contributed by atoms with van der Waals surface area (Å²) in [6, 6.07) is 0. The van der Waals surface area contributed by atoms with Crippen molar-refractivity contribution in [3.05, 3.63) is 24.3 Å². The Morgan fingerprint density at radius 2 is 1.92 bits per heavy atom. The Balaban J connectivity index is 4.18. The largest absolute Gasteiger partial charge is 0.388 e. The maximum Gasteiger partial charge on any atom is 0.0781 e. The standard InChI is InChI=1S/C12H22O/c1-5-8-12(13)10(4)9-11(6-2)7-3/h5,9,11-13H,1,6-8H2,2-4H3/b10-9-/t12-/m0/s1. The van der Waals surface area contributed by atoms with Gasteiger partial charge in [-0.3, -0.25) is 0 Å². The summed E-state index contributed by atoms with van der Waals surface area (Å²) in [5.74, 6) is 0.611. The Morgan fingerprint density at radius 3 is 2.31 bits per heavy atom. The molecule has 1 atom stereocenters. The van der Waals surface area contributed by atoms with E-state index < -0.39 is 0 Å². The number of aliphatic hydroxyl groups excluding tert-OH is 1. The van der Waals surface area contributed by atoms with Gasteiger partial charge < -0.3 is 5.11 Å². The predicted molar refractivity (Wildman–Crippen MR) is 58.6 cm³/mol. The van der Waals surface area contributed by atoms with E-state index in [4.69, 9.17) is 0 Å². The van der Waals surface area contributed by atoms with Crippen LogP contribution < -0.4 is 0 Å². The van der Waals surface area contributed by atoms with Crippen molar-refractivity contribution in [3.63, 3.8) is 0 Å². The van der Waals surface area contributed by atoms with Gasteiger partial charge in [-0.2, -0.15) is 0 Å². The third kappa shape index (κ3) is 4.89. The van der Waals surface area contributed by atoms with Crippen molar-refractivity contribution in [1.29, 1.82) is 0 Å². The molecule has 13 heavy (non-hydrogen) atoms. The smallest absolute Gasteiger partial charge is 0.0781 e. The van der Waals surface area contributed by atoms with Gasteiger partial charge >= 0.3 is 0 Å². The molecule has 1 N–H and O–H groups in total. The van der Waals surface area contributed by atoms with Crippen LogP contribution in [-0.4, -0.2) is 11.2 Å². The van der Waals surface area contributed by atoms with Crippen molar-refractivity contribution in [2.75, 3.05) is 0 Å². The summed E-state index contributed by atoms with van der Waals surface area (Å²) >= 11 is 0. The Kier molecular flexibility index (Phi) is 6.61. The number of rotatable bonds is 6. The van der Waals surface area contributed by atoms with Gasteiger partial charge in [-0.1, -0.05) is 26.0 Å². The average Bonchev–Trinajstić information content (AvgIpc) is 2.14. The summed E-state index contributed by atoms with van der Waals surface area (Å²) in [6.45, 7) is 9.96. The zero-order chi connectivity index (χ0) is 10.3. The zero-order valence-corrected chi connectivity index (χ0v) is 9.09. The molecule has 0 bridgehead atoms. The SMILES string of the molecule is C=CC[C@H](O)/C(C)=C\C(CC)CC. The van der Waals surface area contributed by atoms with Crippen molar-refractivity contribution in [3.8, 4) is 0 Å². The fourth-order valence-electron chi connectivity index (χ4n) is 1.35. The number of allylic oxidation sites excluding steroid dienone is 1. The maximum atomic E-state index is 9.62. The molecule has 0 aliphatic carbocycles. The molecule has 0 radical (unpaired) electrons. The van der Waals surface area contributed by atoms with Crippen molar-refractivity contribution >= 4 is 0 Å². The molecule has 0 aliphatic rings. The van der Waals surface area contributed by atoms with Crippen LogP contribution in [-0.2, 0) is 0 Å². The lowest BCUT2D eigenvalue weighted by molar-refractivity contribution is 0.213. The topological polar surface area (TPSA) is 20.2 Å². The number of hydrogen-bond acceptors (Lipinski definition) is 1.